The molecule has 2 amide bonds. The van der Waals surface area contributed by atoms with Crippen LogP contribution in [0, 0.1) is 0 Å². The summed E-state index contributed by atoms with van der Waals surface area (Å²) in [4.78, 5) is 28.2. The number of nitrogens with zero attached hydrogens (tertiary/aromatic N) is 1. The van der Waals surface area contributed by atoms with Crippen LogP contribution in [0.1, 0.15) is 47.3 Å². The maximum atomic E-state index is 13.2. The summed E-state index contributed by atoms with van der Waals surface area (Å²) < 4.78 is 5.23. The molecule has 1 heterocycles. The van der Waals surface area contributed by atoms with E-state index in [0.29, 0.717) is 18.7 Å². The number of fused-ring (bicyclic) bond motifs is 1. The summed E-state index contributed by atoms with van der Waals surface area (Å²) in [7, 11) is 1.61. The molecule has 0 saturated heterocycles. The smallest absolute Gasteiger partial charge is 0.254 e. The second kappa shape index (κ2) is 8.35. The van der Waals surface area contributed by atoms with Crippen molar-refractivity contribution in [2.24, 2.45) is 0 Å². The number of benzene rings is 2. The summed E-state index contributed by atoms with van der Waals surface area (Å²) in [5.41, 5.74) is 2.31. The molecule has 2 aromatic carbocycles. The summed E-state index contributed by atoms with van der Waals surface area (Å²) in [6.45, 7) is 4.72. The van der Waals surface area contributed by atoms with Crippen molar-refractivity contribution in [1.82, 2.24) is 10.2 Å². The lowest BCUT2D eigenvalue weighted by atomic mass is 9.79. The monoisotopic (exact) mass is 366 g/mol. The molecule has 0 unspecified atom stereocenters. The Bertz CT molecular complexity index is 804. The lowest BCUT2D eigenvalue weighted by Gasteiger charge is -2.42. The van der Waals surface area contributed by atoms with E-state index in [-0.39, 0.29) is 23.9 Å². The van der Waals surface area contributed by atoms with Crippen molar-refractivity contribution >= 4 is 11.8 Å². The van der Waals surface area contributed by atoms with E-state index in [1.807, 2.05) is 62.4 Å². The number of carbonyl (C=O) groups excluding carboxylic acids is 2. The first-order valence-corrected chi connectivity index (χ1v) is 9.28. The highest BCUT2D eigenvalue weighted by Crippen LogP contribution is 2.42. The van der Waals surface area contributed by atoms with E-state index in [0.717, 1.165) is 11.1 Å². The first kappa shape index (κ1) is 19.1. The number of amides is 2. The fourth-order valence-corrected chi connectivity index (χ4v) is 3.71. The fraction of sp³-hybridized carbons (Fsp3) is 0.364. The standard InChI is InChI=1S/C22H26N2O3/c1-15(2)23-21(25)19-17-11-7-8-12-18(17)22(26)24(13-14-27-3)20(19)16-9-5-4-6-10-16/h4-12,15,19-20H,13-14H2,1-3H3,(H,23,25)/t19-,20-/m1/s1. The molecule has 0 spiro atoms. The fourth-order valence-electron chi connectivity index (χ4n) is 3.71. The van der Waals surface area contributed by atoms with Crippen LogP contribution in [-0.2, 0) is 9.53 Å². The van der Waals surface area contributed by atoms with Crippen molar-refractivity contribution < 1.29 is 14.3 Å². The van der Waals surface area contributed by atoms with Crippen LogP contribution in [0.5, 0.6) is 0 Å². The Hall–Kier alpha value is -2.66. The van der Waals surface area contributed by atoms with Gasteiger partial charge in [0.1, 0.15) is 0 Å². The topological polar surface area (TPSA) is 58.6 Å². The van der Waals surface area contributed by atoms with Gasteiger partial charge in [-0.3, -0.25) is 9.59 Å². The Morgan fingerprint density at radius 3 is 2.44 bits per heavy atom. The van der Waals surface area contributed by atoms with E-state index in [4.69, 9.17) is 4.74 Å². The van der Waals surface area contributed by atoms with Gasteiger partial charge in [0.25, 0.3) is 5.91 Å². The second-order valence-corrected chi connectivity index (χ2v) is 7.08. The van der Waals surface area contributed by atoms with E-state index < -0.39 is 5.92 Å². The average molecular weight is 366 g/mol. The Morgan fingerprint density at radius 2 is 1.78 bits per heavy atom. The van der Waals surface area contributed by atoms with Crippen LogP contribution < -0.4 is 5.32 Å². The molecule has 0 aliphatic carbocycles. The van der Waals surface area contributed by atoms with Crippen molar-refractivity contribution in [3.63, 3.8) is 0 Å². The zero-order valence-corrected chi connectivity index (χ0v) is 16.0. The number of hydrogen-bond donors (Lipinski definition) is 1. The van der Waals surface area contributed by atoms with E-state index in [9.17, 15) is 9.59 Å². The molecule has 5 heteroatoms. The summed E-state index contributed by atoms with van der Waals surface area (Å²) in [6.07, 6.45) is 0. The maximum absolute atomic E-state index is 13.2. The van der Waals surface area contributed by atoms with Gasteiger partial charge >= 0.3 is 0 Å². The SMILES string of the molecule is COCCN1C(=O)c2ccccc2[C@@H](C(=O)NC(C)C)[C@H]1c1ccccc1. The molecule has 0 saturated carbocycles. The highest BCUT2D eigenvalue weighted by atomic mass is 16.5. The first-order chi connectivity index (χ1) is 13.0. The third-order valence-corrected chi connectivity index (χ3v) is 4.83. The molecule has 0 aromatic heterocycles. The predicted octanol–water partition coefficient (Wildman–Crippen LogP) is 3.14. The molecule has 2 aromatic rings. The highest BCUT2D eigenvalue weighted by molar-refractivity contribution is 6.01. The normalized spacial score (nSPS) is 19.1. The minimum absolute atomic E-state index is 0.0196. The van der Waals surface area contributed by atoms with Crippen molar-refractivity contribution in [2.45, 2.75) is 31.8 Å². The van der Waals surface area contributed by atoms with E-state index in [1.54, 1.807) is 18.1 Å². The summed E-state index contributed by atoms with van der Waals surface area (Å²) in [5.74, 6) is -0.605. The van der Waals surface area contributed by atoms with Gasteiger partial charge in [-0.05, 0) is 31.0 Å². The van der Waals surface area contributed by atoms with Gasteiger partial charge in [-0.2, -0.15) is 0 Å². The lowest BCUT2D eigenvalue weighted by Crippen LogP contribution is -2.49. The molecule has 1 aliphatic heterocycles. The molecule has 3 rings (SSSR count). The maximum Gasteiger partial charge on any atom is 0.254 e. The molecule has 5 nitrogen and oxygen atoms in total. The minimum Gasteiger partial charge on any atom is -0.383 e. The van der Waals surface area contributed by atoms with Crippen LogP contribution in [0.2, 0.25) is 0 Å². The quantitative estimate of drug-likeness (QED) is 0.854. The number of methoxy groups -OCH3 is 1. The van der Waals surface area contributed by atoms with Crippen LogP contribution in [0.4, 0.5) is 0 Å². The summed E-state index contributed by atoms with van der Waals surface area (Å²) in [6, 6.07) is 16.8. The number of hydrogen-bond acceptors (Lipinski definition) is 3. The van der Waals surface area contributed by atoms with Gasteiger partial charge in [-0.25, -0.2) is 0 Å². The first-order valence-electron chi connectivity index (χ1n) is 9.28. The van der Waals surface area contributed by atoms with Crippen molar-refractivity contribution in [3.8, 4) is 0 Å². The van der Waals surface area contributed by atoms with Gasteiger partial charge in [0.2, 0.25) is 5.91 Å². The third-order valence-electron chi connectivity index (χ3n) is 4.83. The van der Waals surface area contributed by atoms with E-state index in [2.05, 4.69) is 5.32 Å². The van der Waals surface area contributed by atoms with Gasteiger partial charge in [0, 0.05) is 25.3 Å². The molecule has 142 valence electrons. The van der Waals surface area contributed by atoms with Crippen molar-refractivity contribution in [2.75, 3.05) is 20.3 Å². The lowest BCUT2D eigenvalue weighted by molar-refractivity contribution is -0.124. The van der Waals surface area contributed by atoms with Crippen LogP contribution in [0.15, 0.2) is 54.6 Å². The second-order valence-electron chi connectivity index (χ2n) is 7.08. The molecular formula is C22H26N2O3. The van der Waals surface area contributed by atoms with Gasteiger partial charge in [-0.15, -0.1) is 0 Å². The Kier molecular flexibility index (Phi) is 5.91. The molecule has 0 bridgehead atoms. The Labute approximate surface area is 160 Å². The Balaban J connectivity index is 2.15. The van der Waals surface area contributed by atoms with Gasteiger partial charge in [0.05, 0.1) is 18.6 Å². The zero-order chi connectivity index (χ0) is 19.4. The average Bonchev–Trinajstić information content (AvgIpc) is 2.67. The molecule has 0 fully saturated rings. The van der Waals surface area contributed by atoms with Gasteiger partial charge in [0.15, 0.2) is 0 Å². The van der Waals surface area contributed by atoms with Crippen molar-refractivity contribution in [1.29, 1.82) is 0 Å². The summed E-state index contributed by atoms with van der Waals surface area (Å²) >= 11 is 0. The van der Waals surface area contributed by atoms with Crippen LogP contribution in [0.3, 0.4) is 0 Å². The Morgan fingerprint density at radius 1 is 1.11 bits per heavy atom. The molecule has 27 heavy (non-hydrogen) atoms. The largest absolute Gasteiger partial charge is 0.383 e. The van der Waals surface area contributed by atoms with E-state index >= 15 is 0 Å². The molecule has 1 aliphatic rings. The minimum atomic E-state index is -0.472. The van der Waals surface area contributed by atoms with Gasteiger partial charge in [-0.1, -0.05) is 48.5 Å². The zero-order valence-electron chi connectivity index (χ0n) is 16.0. The number of ether oxygens (including phenoxy) is 1. The predicted molar refractivity (Wildman–Crippen MR) is 105 cm³/mol. The number of nitrogens with one attached hydrogen (secondary N) is 1. The third kappa shape index (κ3) is 3.88. The molecule has 0 radical (unpaired) electrons. The number of rotatable bonds is 6. The number of carbonyl (C=O) groups is 2. The molecule has 2 atom stereocenters. The van der Waals surface area contributed by atoms with Crippen LogP contribution in [0.25, 0.3) is 0 Å². The molecular weight excluding hydrogens is 340 g/mol. The van der Waals surface area contributed by atoms with E-state index in [1.165, 1.54) is 0 Å². The van der Waals surface area contributed by atoms with Crippen LogP contribution in [-0.4, -0.2) is 43.0 Å². The van der Waals surface area contributed by atoms with Crippen LogP contribution >= 0.6 is 0 Å². The van der Waals surface area contributed by atoms with Crippen molar-refractivity contribution in [3.05, 3.63) is 71.3 Å². The molecule has 1 N–H and O–H groups in total. The highest BCUT2D eigenvalue weighted by Gasteiger charge is 2.43. The summed E-state index contributed by atoms with van der Waals surface area (Å²) in [5, 5.41) is 3.04. The van der Waals surface area contributed by atoms with Gasteiger partial charge < -0.3 is 15.0 Å².